The zero-order valence-electron chi connectivity index (χ0n) is 10.9. The van der Waals surface area contributed by atoms with E-state index < -0.39 is 10.0 Å². The first-order valence-electron chi connectivity index (χ1n) is 5.76. The molecule has 7 heteroatoms. The average Bonchev–Trinajstić information content (AvgIpc) is 2.36. The first-order valence-corrected chi connectivity index (χ1v) is 7.62. The van der Waals surface area contributed by atoms with Crippen LogP contribution in [0.25, 0.3) is 0 Å². The largest absolute Gasteiger partial charge is 0.316 e. The summed E-state index contributed by atoms with van der Waals surface area (Å²) >= 11 is 5.93. The molecule has 0 aliphatic carbocycles. The van der Waals surface area contributed by atoms with E-state index in [0.717, 1.165) is 0 Å². The van der Waals surface area contributed by atoms with Crippen LogP contribution >= 0.6 is 11.6 Å². The van der Waals surface area contributed by atoms with E-state index in [1.165, 1.54) is 29.0 Å². The van der Waals surface area contributed by atoms with Crippen molar-refractivity contribution in [1.29, 1.82) is 0 Å². The highest BCUT2D eigenvalue weighted by Crippen LogP contribution is 2.24. The number of hydrogen-bond donors (Lipinski definition) is 1. The number of aromatic nitrogens is 1. The molecule has 1 N–H and O–H groups in total. The maximum atomic E-state index is 12.3. The Balaban J connectivity index is 2.43. The van der Waals surface area contributed by atoms with Gasteiger partial charge in [-0.05, 0) is 30.7 Å². The van der Waals surface area contributed by atoms with Gasteiger partial charge in [-0.3, -0.25) is 9.52 Å². The zero-order chi connectivity index (χ0) is 14.9. The fourth-order valence-electron chi connectivity index (χ4n) is 1.74. The molecule has 2 aromatic rings. The Bertz CT molecular complexity index is 813. The third-order valence-corrected chi connectivity index (χ3v) is 4.78. The summed E-state index contributed by atoms with van der Waals surface area (Å²) in [5, 5.41) is 0.383. The summed E-state index contributed by atoms with van der Waals surface area (Å²) in [5.41, 5.74) is 0.574. The quantitative estimate of drug-likeness (QED) is 0.944. The van der Waals surface area contributed by atoms with Gasteiger partial charge < -0.3 is 4.57 Å². The van der Waals surface area contributed by atoms with E-state index in [1.54, 1.807) is 26.1 Å². The molecule has 0 aliphatic rings. The molecular weight excluding hydrogens is 300 g/mol. The summed E-state index contributed by atoms with van der Waals surface area (Å²) in [6.07, 6.45) is 1.42. The van der Waals surface area contributed by atoms with E-state index in [-0.39, 0.29) is 10.5 Å². The summed E-state index contributed by atoms with van der Waals surface area (Å²) in [5.74, 6) is 0. The van der Waals surface area contributed by atoms with Crippen LogP contribution in [0.5, 0.6) is 0 Å². The van der Waals surface area contributed by atoms with Crippen LogP contribution in [-0.2, 0) is 17.1 Å². The van der Waals surface area contributed by atoms with Crippen molar-refractivity contribution in [3.63, 3.8) is 0 Å². The number of anilines is 1. The van der Waals surface area contributed by atoms with E-state index in [0.29, 0.717) is 16.3 Å². The Labute approximate surface area is 121 Å². The van der Waals surface area contributed by atoms with Gasteiger partial charge in [0.1, 0.15) is 0 Å². The van der Waals surface area contributed by atoms with Gasteiger partial charge in [-0.25, -0.2) is 8.42 Å². The van der Waals surface area contributed by atoms with Gasteiger partial charge in [0.2, 0.25) is 5.56 Å². The topological polar surface area (TPSA) is 68.2 Å². The molecule has 0 amide bonds. The van der Waals surface area contributed by atoms with Gasteiger partial charge >= 0.3 is 0 Å². The maximum absolute atomic E-state index is 12.3. The lowest BCUT2D eigenvalue weighted by atomic mass is 10.2. The summed E-state index contributed by atoms with van der Waals surface area (Å²) in [4.78, 5) is 11.4. The molecule has 0 aliphatic heterocycles. The van der Waals surface area contributed by atoms with E-state index in [1.807, 2.05) is 0 Å². The van der Waals surface area contributed by atoms with Crippen LogP contribution in [0.4, 0.5) is 5.69 Å². The third kappa shape index (κ3) is 2.86. The minimum atomic E-state index is -3.75. The van der Waals surface area contributed by atoms with Crippen molar-refractivity contribution in [2.45, 2.75) is 11.8 Å². The second-order valence-corrected chi connectivity index (χ2v) is 6.39. The number of nitrogens with zero attached hydrogens (tertiary/aromatic N) is 1. The van der Waals surface area contributed by atoms with Crippen LogP contribution < -0.4 is 10.3 Å². The molecule has 1 aromatic heterocycles. The first-order chi connectivity index (χ1) is 9.31. The highest BCUT2D eigenvalue weighted by atomic mass is 35.5. The molecule has 0 bridgehead atoms. The summed E-state index contributed by atoms with van der Waals surface area (Å²) in [6, 6.07) is 7.39. The van der Waals surface area contributed by atoms with Gasteiger partial charge in [0.05, 0.1) is 10.6 Å². The molecule has 0 saturated heterocycles. The Hall–Kier alpha value is -1.79. The Kier molecular flexibility index (Phi) is 3.87. The molecule has 0 fully saturated rings. The minimum absolute atomic E-state index is 0.110. The second kappa shape index (κ2) is 5.30. The van der Waals surface area contributed by atoms with Crippen molar-refractivity contribution in [1.82, 2.24) is 4.57 Å². The Morgan fingerprint density at radius 2 is 1.90 bits per heavy atom. The van der Waals surface area contributed by atoms with Crippen molar-refractivity contribution in [3.05, 3.63) is 57.5 Å². The highest BCUT2D eigenvalue weighted by Gasteiger charge is 2.18. The summed E-state index contributed by atoms with van der Waals surface area (Å²) in [6.45, 7) is 1.64. The molecule has 106 valence electrons. The molecule has 0 spiro atoms. The maximum Gasteiger partial charge on any atom is 0.262 e. The van der Waals surface area contributed by atoms with Crippen molar-refractivity contribution in [2.75, 3.05) is 4.72 Å². The lowest BCUT2D eigenvalue weighted by Gasteiger charge is -2.11. The zero-order valence-corrected chi connectivity index (χ0v) is 12.5. The first kappa shape index (κ1) is 14.6. The number of halogens is 1. The lowest BCUT2D eigenvalue weighted by molar-refractivity contribution is 0.600. The Morgan fingerprint density at radius 3 is 2.55 bits per heavy atom. The number of nitrogens with one attached hydrogen (secondary N) is 1. The second-order valence-electron chi connectivity index (χ2n) is 4.34. The van der Waals surface area contributed by atoms with Gasteiger partial charge in [-0.15, -0.1) is 0 Å². The number of aryl methyl sites for hydroxylation is 1. The van der Waals surface area contributed by atoms with Crippen LogP contribution in [0.3, 0.4) is 0 Å². The van der Waals surface area contributed by atoms with Crippen LogP contribution in [-0.4, -0.2) is 13.0 Å². The average molecular weight is 313 g/mol. The molecule has 0 unspecified atom stereocenters. The number of pyridine rings is 1. The fraction of sp³-hybridized carbons (Fsp3) is 0.154. The van der Waals surface area contributed by atoms with Crippen molar-refractivity contribution < 1.29 is 8.42 Å². The van der Waals surface area contributed by atoms with Crippen LogP contribution in [0, 0.1) is 6.92 Å². The van der Waals surface area contributed by atoms with Gasteiger partial charge in [-0.2, -0.15) is 0 Å². The van der Waals surface area contributed by atoms with Crippen molar-refractivity contribution in [3.8, 4) is 0 Å². The van der Waals surface area contributed by atoms with Crippen molar-refractivity contribution in [2.24, 2.45) is 7.05 Å². The molecule has 2 rings (SSSR count). The standard InChI is InChI=1S/C13H13ClN2O3S/c1-9-11(14)4-3-5-12(9)20(18,19)15-10-6-7-13(17)16(2)8-10/h3-8,15H,1-2H3. The fourth-order valence-corrected chi connectivity index (χ4v) is 3.29. The minimum Gasteiger partial charge on any atom is -0.316 e. The molecule has 1 heterocycles. The van der Waals surface area contributed by atoms with Crippen LogP contribution in [0.1, 0.15) is 5.56 Å². The number of sulfonamides is 1. The third-order valence-electron chi connectivity index (χ3n) is 2.85. The van der Waals surface area contributed by atoms with Gasteiger partial charge in [0.15, 0.2) is 0 Å². The van der Waals surface area contributed by atoms with E-state index in [2.05, 4.69) is 4.72 Å². The van der Waals surface area contributed by atoms with E-state index in [9.17, 15) is 13.2 Å². The molecule has 0 atom stereocenters. The molecular formula is C13H13ClN2O3S. The molecule has 0 saturated carbocycles. The van der Waals surface area contributed by atoms with Gasteiger partial charge in [-0.1, -0.05) is 17.7 Å². The van der Waals surface area contributed by atoms with Crippen LogP contribution in [0.15, 0.2) is 46.2 Å². The SMILES string of the molecule is Cc1c(Cl)cccc1S(=O)(=O)Nc1ccc(=O)n(C)c1. The summed E-state index contributed by atoms with van der Waals surface area (Å²) in [7, 11) is -2.20. The number of rotatable bonds is 3. The molecule has 5 nitrogen and oxygen atoms in total. The smallest absolute Gasteiger partial charge is 0.262 e. The molecule has 1 aromatic carbocycles. The highest BCUT2D eigenvalue weighted by molar-refractivity contribution is 7.92. The number of hydrogen-bond acceptors (Lipinski definition) is 3. The predicted molar refractivity (Wildman–Crippen MR) is 78.7 cm³/mol. The number of benzene rings is 1. The van der Waals surface area contributed by atoms with E-state index >= 15 is 0 Å². The van der Waals surface area contributed by atoms with E-state index in [4.69, 9.17) is 11.6 Å². The lowest BCUT2D eigenvalue weighted by Crippen LogP contribution is -2.18. The summed E-state index contributed by atoms with van der Waals surface area (Å²) < 4.78 is 28.3. The Morgan fingerprint density at radius 1 is 1.20 bits per heavy atom. The van der Waals surface area contributed by atoms with Crippen molar-refractivity contribution >= 4 is 27.3 Å². The predicted octanol–water partition coefficient (Wildman–Crippen LogP) is 2.15. The molecule has 0 radical (unpaired) electrons. The molecule has 20 heavy (non-hydrogen) atoms. The monoisotopic (exact) mass is 312 g/mol. The van der Waals surface area contributed by atoms with Gasteiger partial charge in [0.25, 0.3) is 10.0 Å². The normalized spacial score (nSPS) is 11.3. The van der Waals surface area contributed by atoms with Gasteiger partial charge in [0, 0.05) is 24.3 Å². The van der Waals surface area contributed by atoms with Crippen LogP contribution in [0.2, 0.25) is 5.02 Å².